The van der Waals surface area contributed by atoms with E-state index < -0.39 is 0 Å². The summed E-state index contributed by atoms with van der Waals surface area (Å²) in [5.74, 6) is -0.246. The smallest absolute Gasteiger partial charge is 0.271 e. The van der Waals surface area contributed by atoms with E-state index in [0.717, 1.165) is 12.8 Å². The molecule has 1 aliphatic rings. The molecule has 1 fully saturated rings. The van der Waals surface area contributed by atoms with Crippen molar-refractivity contribution in [1.82, 2.24) is 20.4 Å². The molecule has 0 saturated carbocycles. The molecule has 0 radical (unpaired) electrons. The lowest BCUT2D eigenvalue weighted by Gasteiger charge is -2.31. The van der Waals surface area contributed by atoms with Gasteiger partial charge in [0, 0.05) is 32.1 Å². The number of H-pyrrole nitrogens is 1. The zero-order valence-corrected chi connectivity index (χ0v) is 10.7. The van der Waals surface area contributed by atoms with Crippen LogP contribution in [0.1, 0.15) is 30.3 Å². The minimum atomic E-state index is -0.341. The summed E-state index contributed by atoms with van der Waals surface area (Å²) >= 11 is 0. The molecular weight excluding hydrogens is 248 g/mol. The van der Waals surface area contributed by atoms with Crippen LogP contribution >= 0.6 is 0 Å². The van der Waals surface area contributed by atoms with Gasteiger partial charge in [0.05, 0.1) is 0 Å². The Bertz CT molecular complexity index is 512. The van der Waals surface area contributed by atoms with Gasteiger partial charge in [0.25, 0.3) is 11.5 Å². The highest BCUT2D eigenvalue weighted by Gasteiger charge is 2.22. The van der Waals surface area contributed by atoms with Gasteiger partial charge in [-0.3, -0.25) is 14.4 Å². The van der Waals surface area contributed by atoms with E-state index in [2.05, 4.69) is 15.5 Å². The van der Waals surface area contributed by atoms with Gasteiger partial charge in [-0.2, -0.15) is 5.10 Å². The maximum absolute atomic E-state index is 11.9. The fourth-order valence-electron chi connectivity index (χ4n) is 2.07. The van der Waals surface area contributed by atoms with E-state index in [1.165, 1.54) is 12.1 Å². The van der Waals surface area contributed by atoms with Gasteiger partial charge in [0.1, 0.15) is 5.69 Å². The van der Waals surface area contributed by atoms with Crippen molar-refractivity contribution < 1.29 is 9.59 Å². The van der Waals surface area contributed by atoms with E-state index in [0.29, 0.717) is 13.1 Å². The van der Waals surface area contributed by atoms with Crippen LogP contribution in [0.25, 0.3) is 0 Å². The van der Waals surface area contributed by atoms with E-state index in [9.17, 15) is 14.4 Å². The maximum atomic E-state index is 11.9. The molecule has 2 amide bonds. The fourth-order valence-corrected chi connectivity index (χ4v) is 2.07. The van der Waals surface area contributed by atoms with Gasteiger partial charge in [-0.25, -0.2) is 5.10 Å². The van der Waals surface area contributed by atoms with Gasteiger partial charge in [0.15, 0.2) is 0 Å². The Morgan fingerprint density at radius 2 is 2.05 bits per heavy atom. The molecule has 0 spiro atoms. The zero-order chi connectivity index (χ0) is 13.8. The van der Waals surface area contributed by atoms with Crippen LogP contribution in [-0.2, 0) is 4.79 Å². The summed E-state index contributed by atoms with van der Waals surface area (Å²) in [5.41, 5.74) is -0.153. The minimum Gasteiger partial charge on any atom is -0.348 e. The Labute approximate surface area is 110 Å². The number of likely N-dealkylation sites (tertiary alicyclic amines) is 1. The standard InChI is InChI=1S/C12H16N4O3/c1-8(17)16-6-4-9(5-7-16)13-12(19)10-2-3-11(18)15-14-10/h2-3,9H,4-7H2,1H3,(H,13,19)(H,15,18). The molecule has 2 rings (SSSR count). The van der Waals surface area contributed by atoms with Gasteiger partial charge >= 0.3 is 0 Å². The topological polar surface area (TPSA) is 95.2 Å². The third kappa shape index (κ3) is 3.40. The molecule has 0 bridgehead atoms. The Morgan fingerprint density at radius 3 is 2.58 bits per heavy atom. The van der Waals surface area contributed by atoms with Crippen molar-refractivity contribution >= 4 is 11.8 Å². The molecule has 0 unspecified atom stereocenters. The number of nitrogens with zero attached hydrogens (tertiary/aromatic N) is 2. The first-order valence-corrected chi connectivity index (χ1v) is 6.18. The lowest BCUT2D eigenvalue weighted by Crippen LogP contribution is -2.46. The van der Waals surface area contributed by atoms with Crippen molar-refractivity contribution in [3.63, 3.8) is 0 Å². The molecule has 1 aliphatic heterocycles. The number of hydrogen-bond acceptors (Lipinski definition) is 4. The molecule has 7 nitrogen and oxygen atoms in total. The number of carbonyl (C=O) groups is 2. The molecule has 1 saturated heterocycles. The zero-order valence-electron chi connectivity index (χ0n) is 10.7. The van der Waals surface area contributed by atoms with Gasteiger partial charge in [-0.15, -0.1) is 0 Å². The van der Waals surface area contributed by atoms with Crippen LogP contribution in [0.2, 0.25) is 0 Å². The van der Waals surface area contributed by atoms with Crippen LogP contribution in [-0.4, -0.2) is 46.0 Å². The Hall–Kier alpha value is -2.18. The van der Waals surface area contributed by atoms with Crippen molar-refractivity contribution in [3.8, 4) is 0 Å². The van der Waals surface area contributed by atoms with Crippen LogP contribution in [0.3, 0.4) is 0 Å². The number of nitrogens with one attached hydrogen (secondary N) is 2. The summed E-state index contributed by atoms with van der Waals surface area (Å²) in [4.78, 5) is 35.7. The van der Waals surface area contributed by atoms with E-state index in [-0.39, 0.29) is 29.1 Å². The number of aromatic amines is 1. The SMILES string of the molecule is CC(=O)N1CCC(NC(=O)c2ccc(=O)[nH]n2)CC1. The number of hydrogen-bond donors (Lipinski definition) is 2. The second-order valence-electron chi connectivity index (χ2n) is 4.56. The van der Waals surface area contributed by atoms with Crippen molar-refractivity contribution in [3.05, 3.63) is 28.2 Å². The summed E-state index contributed by atoms with van der Waals surface area (Å²) < 4.78 is 0. The molecule has 0 aliphatic carbocycles. The van der Waals surface area contributed by atoms with E-state index in [1.54, 1.807) is 11.8 Å². The first kappa shape index (κ1) is 13.3. The minimum absolute atomic E-state index is 0.0387. The maximum Gasteiger partial charge on any atom is 0.271 e. The summed E-state index contributed by atoms with van der Waals surface area (Å²) in [6, 6.07) is 2.69. The first-order valence-electron chi connectivity index (χ1n) is 6.18. The molecule has 19 heavy (non-hydrogen) atoms. The largest absolute Gasteiger partial charge is 0.348 e. The highest BCUT2D eigenvalue weighted by molar-refractivity contribution is 5.92. The molecule has 1 aromatic rings. The quantitative estimate of drug-likeness (QED) is 0.753. The molecule has 2 N–H and O–H groups in total. The van der Waals surface area contributed by atoms with E-state index in [4.69, 9.17) is 0 Å². The molecule has 2 heterocycles. The van der Waals surface area contributed by atoms with Crippen LogP contribution in [0.4, 0.5) is 0 Å². The van der Waals surface area contributed by atoms with Crippen LogP contribution in [0.5, 0.6) is 0 Å². The predicted molar refractivity (Wildman–Crippen MR) is 67.6 cm³/mol. The van der Waals surface area contributed by atoms with Crippen LogP contribution in [0.15, 0.2) is 16.9 Å². The molecule has 1 aromatic heterocycles. The fraction of sp³-hybridized carbons (Fsp3) is 0.500. The Balaban J connectivity index is 1.89. The number of aromatic nitrogens is 2. The van der Waals surface area contributed by atoms with Gasteiger partial charge < -0.3 is 10.2 Å². The molecule has 102 valence electrons. The second kappa shape index (κ2) is 5.64. The number of piperidine rings is 1. The van der Waals surface area contributed by atoms with E-state index in [1.807, 2.05) is 0 Å². The number of rotatable bonds is 2. The first-order chi connectivity index (χ1) is 9.06. The van der Waals surface area contributed by atoms with Crippen molar-refractivity contribution in [2.75, 3.05) is 13.1 Å². The summed E-state index contributed by atoms with van der Waals surface area (Å²) in [5, 5.41) is 8.75. The molecule has 0 aromatic carbocycles. The van der Waals surface area contributed by atoms with Crippen LogP contribution in [0, 0.1) is 0 Å². The third-order valence-electron chi connectivity index (χ3n) is 3.19. The monoisotopic (exact) mass is 264 g/mol. The normalized spacial score (nSPS) is 16.2. The molecule has 0 atom stereocenters. The van der Waals surface area contributed by atoms with Gasteiger partial charge in [0.2, 0.25) is 5.91 Å². The van der Waals surface area contributed by atoms with Crippen molar-refractivity contribution in [2.45, 2.75) is 25.8 Å². The average Bonchev–Trinajstić information content (AvgIpc) is 2.40. The molecular formula is C12H16N4O3. The summed E-state index contributed by atoms with van der Waals surface area (Å²) in [7, 11) is 0. The second-order valence-corrected chi connectivity index (χ2v) is 4.56. The Kier molecular flexibility index (Phi) is 3.94. The average molecular weight is 264 g/mol. The summed E-state index contributed by atoms with van der Waals surface area (Å²) in [6.07, 6.45) is 1.46. The molecule has 7 heteroatoms. The lowest BCUT2D eigenvalue weighted by atomic mass is 10.0. The summed E-state index contributed by atoms with van der Waals surface area (Å²) in [6.45, 7) is 2.85. The van der Waals surface area contributed by atoms with E-state index >= 15 is 0 Å². The number of carbonyl (C=O) groups excluding carboxylic acids is 2. The lowest BCUT2D eigenvalue weighted by molar-refractivity contribution is -0.129. The Morgan fingerprint density at radius 1 is 1.37 bits per heavy atom. The van der Waals surface area contributed by atoms with Crippen molar-refractivity contribution in [2.24, 2.45) is 0 Å². The third-order valence-corrected chi connectivity index (χ3v) is 3.19. The van der Waals surface area contributed by atoms with Gasteiger partial charge in [-0.1, -0.05) is 0 Å². The van der Waals surface area contributed by atoms with Crippen molar-refractivity contribution in [1.29, 1.82) is 0 Å². The van der Waals surface area contributed by atoms with Crippen LogP contribution < -0.4 is 10.9 Å². The highest BCUT2D eigenvalue weighted by atomic mass is 16.2. The highest BCUT2D eigenvalue weighted by Crippen LogP contribution is 2.10. The van der Waals surface area contributed by atoms with Gasteiger partial charge in [-0.05, 0) is 18.9 Å². The predicted octanol–water partition coefficient (Wildman–Crippen LogP) is -0.489. The number of amides is 2.